The molecule has 4 heterocycles. The summed E-state index contributed by atoms with van der Waals surface area (Å²) in [6.07, 6.45) is -1.26. The number of hydrogen-bond donors (Lipinski definition) is 6. The Labute approximate surface area is 323 Å². The lowest BCUT2D eigenvalue weighted by Crippen LogP contribution is -2.62. The Hall–Kier alpha value is -1.27. The Morgan fingerprint density at radius 2 is 1.29 bits per heavy atom. The molecule has 312 valence electrons. The Balaban J connectivity index is 0.834. The zero-order chi connectivity index (χ0) is 39.2. The van der Waals surface area contributed by atoms with E-state index in [0.717, 1.165) is 50.5 Å². The van der Waals surface area contributed by atoms with Crippen LogP contribution in [0, 0.1) is 34.5 Å². The quantitative estimate of drug-likeness (QED) is 0.162. The topological polar surface area (TPSA) is 203 Å². The van der Waals surface area contributed by atoms with Crippen molar-refractivity contribution in [3.63, 3.8) is 0 Å². The van der Waals surface area contributed by atoms with Crippen molar-refractivity contribution < 1.29 is 68.6 Å². The second kappa shape index (κ2) is 15.1. The summed E-state index contributed by atoms with van der Waals surface area (Å²) in [4.78, 5) is 12.0. The number of aliphatic hydroxyl groups excluding tert-OH is 5. The third-order valence-corrected chi connectivity index (χ3v) is 15.8. The highest BCUT2D eigenvalue weighted by Gasteiger charge is 2.70. The van der Waals surface area contributed by atoms with Crippen LogP contribution in [0.4, 0.5) is 0 Å². The number of carbonyl (C=O) groups excluding carboxylic acids is 1. The number of hydrogen-bond acceptors (Lipinski definition) is 14. The fourth-order valence-electron chi connectivity index (χ4n) is 12.9. The van der Waals surface area contributed by atoms with E-state index in [1.54, 1.807) is 13.8 Å². The highest BCUT2D eigenvalue weighted by molar-refractivity contribution is 5.85. The smallest absolute Gasteiger partial charge is 0.331 e. The van der Waals surface area contributed by atoms with Gasteiger partial charge in [0.25, 0.3) is 0 Å². The van der Waals surface area contributed by atoms with Gasteiger partial charge in [-0.1, -0.05) is 13.8 Å². The minimum Gasteiger partial charge on any atom is -0.458 e. The minimum absolute atomic E-state index is 0.0203. The molecular weight excluding hydrogens is 716 g/mol. The Bertz CT molecular complexity index is 1410. The van der Waals surface area contributed by atoms with E-state index >= 15 is 0 Å². The van der Waals surface area contributed by atoms with E-state index in [9.17, 15) is 35.4 Å². The van der Waals surface area contributed by atoms with Crippen LogP contribution in [0.15, 0.2) is 11.6 Å². The van der Waals surface area contributed by atoms with Crippen LogP contribution in [0.5, 0.6) is 0 Å². The van der Waals surface area contributed by atoms with Crippen molar-refractivity contribution in [1.29, 1.82) is 0 Å². The van der Waals surface area contributed by atoms with Crippen molar-refractivity contribution in [1.82, 2.24) is 0 Å². The molecule has 55 heavy (non-hydrogen) atoms. The largest absolute Gasteiger partial charge is 0.458 e. The molecule has 0 aromatic heterocycles. The highest BCUT2D eigenvalue weighted by Crippen LogP contribution is 2.70. The molecule has 8 rings (SSSR count). The predicted octanol–water partition coefficient (Wildman–Crippen LogP) is 2.22. The van der Waals surface area contributed by atoms with E-state index in [-0.39, 0.29) is 55.2 Å². The third kappa shape index (κ3) is 7.05. The number of ether oxygens (including phenoxy) is 7. The summed E-state index contributed by atoms with van der Waals surface area (Å²) in [5.41, 5.74) is -0.686. The molecule has 0 unspecified atom stereocenters. The van der Waals surface area contributed by atoms with Gasteiger partial charge in [-0.2, -0.15) is 0 Å². The van der Waals surface area contributed by atoms with Crippen molar-refractivity contribution in [2.75, 3.05) is 6.61 Å². The molecule has 14 heteroatoms. The number of rotatable bonds is 7. The number of fused-ring (bicyclic) bond motifs is 5. The van der Waals surface area contributed by atoms with E-state index in [1.807, 2.05) is 6.92 Å². The van der Waals surface area contributed by atoms with E-state index in [0.29, 0.717) is 18.3 Å². The maximum atomic E-state index is 12.6. The van der Waals surface area contributed by atoms with Gasteiger partial charge in [0.05, 0.1) is 54.4 Å². The van der Waals surface area contributed by atoms with Gasteiger partial charge in [-0.05, 0) is 94.5 Å². The maximum absolute atomic E-state index is 12.6. The minimum atomic E-state index is -1.01. The number of aliphatic hydroxyl groups is 6. The molecular formula is C41H64O14. The van der Waals surface area contributed by atoms with Crippen molar-refractivity contribution in [2.45, 2.75) is 197 Å². The van der Waals surface area contributed by atoms with Crippen LogP contribution in [-0.2, 0) is 38.0 Å². The zero-order valence-electron chi connectivity index (χ0n) is 32.9. The number of carbonyl (C=O) groups is 1. The van der Waals surface area contributed by atoms with Crippen LogP contribution in [0.25, 0.3) is 0 Å². The first-order chi connectivity index (χ1) is 26.0. The molecule has 0 aromatic rings. The van der Waals surface area contributed by atoms with Crippen LogP contribution in [0.2, 0.25) is 0 Å². The molecule has 4 aliphatic carbocycles. The summed E-state index contributed by atoms with van der Waals surface area (Å²) >= 11 is 0. The summed E-state index contributed by atoms with van der Waals surface area (Å²) in [7, 11) is 0. The Kier molecular flexibility index (Phi) is 11.1. The molecule has 6 N–H and O–H groups in total. The Morgan fingerprint density at radius 1 is 0.691 bits per heavy atom. The second-order valence-corrected chi connectivity index (χ2v) is 18.9. The fraction of sp³-hybridized carbons (Fsp3) is 0.927. The first kappa shape index (κ1) is 40.5. The Morgan fingerprint density at radius 3 is 1.87 bits per heavy atom. The molecule has 4 aliphatic heterocycles. The molecule has 3 saturated heterocycles. The predicted molar refractivity (Wildman–Crippen MR) is 193 cm³/mol. The van der Waals surface area contributed by atoms with Crippen LogP contribution < -0.4 is 0 Å². The van der Waals surface area contributed by atoms with Gasteiger partial charge in [0, 0.05) is 43.1 Å². The standard InChI is InChI=1S/C41H64O14/c1-19-36(47)27(42)14-33(50-19)54-38-21(3)52-34(16-29(38)44)55-37-20(2)51-32(15-28(37)43)53-24-8-10-39(4)23(13-24)6-7-26-25(39)9-11-40(5)35(22-12-31(46)49-18-22)30(45)17-41(26,40)48/h12,19-21,23-30,32-38,42-45,47-48H,6-11,13-18H2,1-5H3/t19-,20-,21-,23-,24-,25-,26+,27+,28+,29+,30-,32+,33+,34+,35+,36-,37-,38-,39+,40-,41+/m1/s1. The average molecular weight is 781 g/mol. The van der Waals surface area contributed by atoms with Gasteiger partial charge in [-0.3, -0.25) is 0 Å². The third-order valence-electron chi connectivity index (χ3n) is 15.8. The zero-order valence-corrected chi connectivity index (χ0v) is 32.9. The molecule has 8 aliphatic rings. The van der Waals surface area contributed by atoms with E-state index < -0.39 is 90.9 Å². The molecule has 21 atom stereocenters. The van der Waals surface area contributed by atoms with Gasteiger partial charge in [0.1, 0.15) is 24.9 Å². The lowest BCUT2D eigenvalue weighted by Gasteiger charge is -2.63. The lowest BCUT2D eigenvalue weighted by atomic mass is 9.43. The van der Waals surface area contributed by atoms with Crippen molar-refractivity contribution in [3.05, 3.63) is 11.6 Å². The van der Waals surface area contributed by atoms with E-state index in [2.05, 4.69) is 13.8 Å². The van der Waals surface area contributed by atoms with Crippen LogP contribution in [0.3, 0.4) is 0 Å². The first-order valence-corrected chi connectivity index (χ1v) is 20.9. The van der Waals surface area contributed by atoms with E-state index in [1.165, 1.54) is 6.08 Å². The molecule has 0 amide bonds. The monoisotopic (exact) mass is 780 g/mol. The van der Waals surface area contributed by atoms with Gasteiger partial charge >= 0.3 is 5.97 Å². The molecule has 4 saturated carbocycles. The van der Waals surface area contributed by atoms with Crippen molar-refractivity contribution in [2.24, 2.45) is 34.5 Å². The van der Waals surface area contributed by atoms with E-state index in [4.69, 9.17) is 33.2 Å². The van der Waals surface area contributed by atoms with Gasteiger partial charge in [-0.25, -0.2) is 4.79 Å². The average Bonchev–Trinajstić information content (AvgIpc) is 3.62. The molecule has 7 fully saturated rings. The highest BCUT2D eigenvalue weighted by atomic mass is 16.7. The van der Waals surface area contributed by atoms with Crippen LogP contribution >= 0.6 is 0 Å². The molecule has 0 aromatic carbocycles. The van der Waals surface area contributed by atoms with Crippen molar-refractivity contribution in [3.8, 4) is 0 Å². The van der Waals surface area contributed by atoms with Gasteiger partial charge < -0.3 is 63.8 Å². The lowest BCUT2D eigenvalue weighted by molar-refractivity contribution is -0.336. The number of esters is 1. The molecule has 0 spiro atoms. The summed E-state index contributed by atoms with van der Waals surface area (Å²) in [5, 5.41) is 66.3. The summed E-state index contributed by atoms with van der Waals surface area (Å²) in [6.45, 7) is 9.98. The van der Waals surface area contributed by atoms with Crippen molar-refractivity contribution >= 4 is 5.97 Å². The van der Waals surface area contributed by atoms with Crippen LogP contribution in [-0.4, -0.2) is 135 Å². The number of cyclic esters (lactones) is 1. The summed E-state index contributed by atoms with van der Waals surface area (Å²) < 4.78 is 42.1. The molecule has 0 radical (unpaired) electrons. The van der Waals surface area contributed by atoms with Crippen LogP contribution in [0.1, 0.15) is 105 Å². The maximum Gasteiger partial charge on any atom is 0.331 e. The van der Waals surface area contributed by atoms with Gasteiger partial charge in [0.2, 0.25) is 0 Å². The normalized spacial score (nSPS) is 55.5. The SMILES string of the molecule is C[C@H]1O[C@@H](O[C@H]2[C@@H](O)C[C@H](O[C@H]3[C@@H](O)C[C@H](O[C@@H]4CC[C@@]5(C)[C@H](CC[C@H]6[C@H]5CC[C@]5(C)[C@@H](C7=CC(=O)OC7)[C@H](O)C[C@]65O)C4)O[C@@H]3C)O[C@@H]2C)C[C@H](O)[C@@H]1O. The summed E-state index contributed by atoms with van der Waals surface area (Å²) in [6, 6.07) is 0. The first-order valence-electron chi connectivity index (χ1n) is 20.9. The summed E-state index contributed by atoms with van der Waals surface area (Å²) in [5.74, 6) is 0.174. The molecule has 0 bridgehead atoms. The molecule has 14 nitrogen and oxygen atoms in total. The van der Waals surface area contributed by atoms with Gasteiger partial charge in [-0.15, -0.1) is 0 Å². The second-order valence-electron chi connectivity index (χ2n) is 18.9. The van der Waals surface area contributed by atoms with Gasteiger partial charge in [0.15, 0.2) is 18.9 Å². The fourth-order valence-corrected chi connectivity index (χ4v) is 12.9.